The van der Waals surface area contributed by atoms with Crippen LogP contribution in [0.25, 0.3) is 0 Å². The Morgan fingerprint density at radius 1 is 1.26 bits per heavy atom. The van der Waals surface area contributed by atoms with E-state index in [0.717, 1.165) is 10.0 Å². The lowest BCUT2D eigenvalue weighted by Crippen LogP contribution is -2.48. The van der Waals surface area contributed by atoms with Crippen LogP contribution in [0.4, 0.5) is 4.79 Å². The Kier molecular flexibility index (Phi) is 3.94. The summed E-state index contributed by atoms with van der Waals surface area (Å²) in [5.41, 5.74) is 0.296. The van der Waals surface area contributed by atoms with Gasteiger partial charge in [-0.3, -0.25) is 10.1 Å². The third kappa shape index (κ3) is 2.39. The highest BCUT2D eigenvalue weighted by atomic mass is 79.9. The minimum Gasteiger partial charge on any atom is -0.305 e. The number of hydrogen-bond acceptors (Lipinski definition) is 2. The standard InChI is InChI=1S/C14H17BrN2O2/c1-3-14(4-2)12(18)16-13(19)17(14)9-10-6-5-7-11(15)8-10/h5-8H,3-4,9H2,1-2H3,(H,16,18,19). The van der Waals surface area contributed by atoms with E-state index in [1.54, 1.807) is 4.90 Å². The fraction of sp³-hybridized carbons (Fsp3) is 0.429. The van der Waals surface area contributed by atoms with Crippen molar-refractivity contribution in [3.05, 3.63) is 34.3 Å². The molecule has 1 N–H and O–H groups in total. The summed E-state index contributed by atoms with van der Waals surface area (Å²) in [6.07, 6.45) is 1.24. The number of imide groups is 1. The molecule has 0 spiro atoms. The van der Waals surface area contributed by atoms with Gasteiger partial charge in [0.2, 0.25) is 0 Å². The van der Waals surface area contributed by atoms with Gasteiger partial charge in [0.05, 0.1) is 0 Å². The minimum absolute atomic E-state index is 0.183. The maximum atomic E-state index is 12.1. The zero-order chi connectivity index (χ0) is 14.0. The van der Waals surface area contributed by atoms with Crippen molar-refractivity contribution in [2.24, 2.45) is 0 Å². The predicted octanol–water partition coefficient (Wildman–Crippen LogP) is 3.06. The Morgan fingerprint density at radius 3 is 2.53 bits per heavy atom. The van der Waals surface area contributed by atoms with Gasteiger partial charge in [-0.25, -0.2) is 4.79 Å². The number of carbonyl (C=O) groups excluding carboxylic acids is 2. The molecule has 2 rings (SSSR count). The summed E-state index contributed by atoms with van der Waals surface area (Å²) in [5, 5.41) is 2.43. The second-order valence-electron chi connectivity index (χ2n) is 4.71. The summed E-state index contributed by atoms with van der Waals surface area (Å²) in [6, 6.07) is 7.48. The van der Waals surface area contributed by atoms with Crippen molar-refractivity contribution < 1.29 is 9.59 Å². The van der Waals surface area contributed by atoms with E-state index in [2.05, 4.69) is 21.2 Å². The normalized spacial score (nSPS) is 17.7. The summed E-state index contributed by atoms with van der Waals surface area (Å²) >= 11 is 3.42. The van der Waals surface area contributed by atoms with E-state index in [9.17, 15) is 9.59 Å². The van der Waals surface area contributed by atoms with Crippen LogP contribution in [-0.2, 0) is 11.3 Å². The number of halogens is 1. The van der Waals surface area contributed by atoms with Crippen molar-refractivity contribution in [2.45, 2.75) is 38.8 Å². The van der Waals surface area contributed by atoms with E-state index in [1.807, 2.05) is 38.1 Å². The molecule has 0 saturated carbocycles. The van der Waals surface area contributed by atoms with Crippen LogP contribution in [0.2, 0.25) is 0 Å². The zero-order valence-electron chi connectivity index (χ0n) is 11.1. The van der Waals surface area contributed by atoms with Crippen LogP contribution >= 0.6 is 15.9 Å². The van der Waals surface area contributed by atoms with Gasteiger partial charge >= 0.3 is 6.03 Å². The van der Waals surface area contributed by atoms with E-state index in [0.29, 0.717) is 19.4 Å². The number of urea groups is 1. The highest BCUT2D eigenvalue weighted by Crippen LogP contribution is 2.31. The van der Waals surface area contributed by atoms with Gasteiger partial charge < -0.3 is 4.90 Å². The lowest BCUT2D eigenvalue weighted by Gasteiger charge is -2.33. The van der Waals surface area contributed by atoms with E-state index in [1.165, 1.54) is 0 Å². The molecule has 5 heteroatoms. The smallest absolute Gasteiger partial charge is 0.305 e. The topological polar surface area (TPSA) is 49.4 Å². The third-order valence-corrected chi connectivity index (χ3v) is 4.30. The van der Waals surface area contributed by atoms with E-state index in [4.69, 9.17) is 0 Å². The highest BCUT2D eigenvalue weighted by Gasteiger charge is 2.50. The van der Waals surface area contributed by atoms with Gasteiger partial charge in [0.1, 0.15) is 5.54 Å². The molecule has 0 bridgehead atoms. The molecule has 19 heavy (non-hydrogen) atoms. The van der Waals surface area contributed by atoms with Crippen LogP contribution in [0.1, 0.15) is 32.3 Å². The molecule has 0 aromatic heterocycles. The maximum absolute atomic E-state index is 12.1. The molecule has 102 valence electrons. The SMILES string of the molecule is CCC1(CC)C(=O)NC(=O)N1Cc1cccc(Br)c1. The van der Waals surface area contributed by atoms with Gasteiger partial charge in [0.15, 0.2) is 0 Å². The molecule has 0 unspecified atom stereocenters. The van der Waals surface area contributed by atoms with Crippen LogP contribution in [0.5, 0.6) is 0 Å². The fourth-order valence-electron chi connectivity index (χ4n) is 2.59. The van der Waals surface area contributed by atoms with Crippen LogP contribution < -0.4 is 5.32 Å². The van der Waals surface area contributed by atoms with Crippen molar-refractivity contribution in [1.82, 2.24) is 10.2 Å². The monoisotopic (exact) mass is 324 g/mol. The molecule has 1 aliphatic rings. The summed E-state index contributed by atoms with van der Waals surface area (Å²) in [6.45, 7) is 4.32. The van der Waals surface area contributed by atoms with E-state index < -0.39 is 5.54 Å². The highest BCUT2D eigenvalue weighted by molar-refractivity contribution is 9.10. The first-order valence-electron chi connectivity index (χ1n) is 6.41. The molecule has 1 heterocycles. The molecule has 1 aromatic carbocycles. The average molecular weight is 325 g/mol. The van der Waals surface area contributed by atoms with Gasteiger partial charge in [-0.05, 0) is 30.5 Å². The Bertz CT molecular complexity index is 512. The first kappa shape index (κ1) is 14.1. The number of rotatable bonds is 4. The number of benzene rings is 1. The van der Waals surface area contributed by atoms with Crippen molar-refractivity contribution in [3.8, 4) is 0 Å². The summed E-state index contributed by atoms with van der Waals surface area (Å²) in [4.78, 5) is 25.7. The molecule has 3 amide bonds. The van der Waals surface area contributed by atoms with Gasteiger partial charge in [0.25, 0.3) is 5.91 Å². The molecule has 0 radical (unpaired) electrons. The number of nitrogens with zero attached hydrogens (tertiary/aromatic N) is 1. The fourth-order valence-corrected chi connectivity index (χ4v) is 3.04. The van der Waals surface area contributed by atoms with Gasteiger partial charge in [-0.1, -0.05) is 41.9 Å². The van der Waals surface area contributed by atoms with Crippen LogP contribution in [-0.4, -0.2) is 22.4 Å². The third-order valence-electron chi connectivity index (χ3n) is 3.80. The van der Waals surface area contributed by atoms with Crippen LogP contribution in [0.15, 0.2) is 28.7 Å². The molecule has 1 aromatic rings. The molecule has 1 aliphatic heterocycles. The first-order chi connectivity index (χ1) is 9.03. The molecule has 1 fully saturated rings. The average Bonchev–Trinajstić information content (AvgIpc) is 2.61. The van der Waals surface area contributed by atoms with E-state index >= 15 is 0 Å². The van der Waals surface area contributed by atoms with Crippen LogP contribution in [0.3, 0.4) is 0 Å². The number of hydrogen-bond donors (Lipinski definition) is 1. The molecular formula is C14H17BrN2O2. The summed E-state index contributed by atoms with van der Waals surface area (Å²) < 4.78 is 0.967. The Balaban J connectivity index is 2.31. The zero-order valence-corrected chi connectivity index (χ0v) is 12.7. The quantitative estimate of drug-likeness (QED) is 0.865. The van der Waals surface area contributed by atoms with Gasteiger partial charge in [-0.15, -0.1) is 0 Å². The summed E-state index contributed by atoms with van der Waals surface area (Å²) in [5.74, 6) is -0.183. The Labute approximate surface area is 121 Å². The molecule has 1 saturated heterocycles. The number of carbonyl (C=O) groups is 2. The molecule has 4 nitrogen and oxygen atoms in total. The van der Waals surface area contributed by atoms with Crippen molar-refractivity contribution >= 4 is 27.9 Å². The van der Waals surface area contributed by atoms with E-state index in [-0.39, 0.29) is 11.9 Å². The molecule has 0 atom stereocenters. The lowest BCUT2D eigenvalue weighted by molar-refractivity contribution is -0.127. The first-order valence-corrected chi connectivity index (χ1v) is 7.20. The van der Waals surface area contributed by atoms with Crippen molar-refractivity contribution in [2.75, 3.05) is 0 Å². The minimum atomic E-state index is -0.709. The number of nitrogens with one attached hydrogen (secondary N) is 1. The Hall–Kier alpha value is -1.36. The van der Waals surface area contributed by atoms with Crippen LogP contribution in [0, 0.1) is 0 Å². The maximum Gasteiger partial charge on any atom is 0.325 e. The summed E-state index contributed by atoms with van der Waals surface area (Å²) in [7, 11) is 0. The Morgan fingerprint density at radius 2 is 1.95 bits per heavy atom. The largest absolute Gasteiger partial charge is 0.325 e. The second kappa shape index (κ2) is 5.33. The second-order valence-corrected chi connectivity index (χ2v) is 5.63. The lowest BCUT2D eigenvalue weighted by atomic mass is 9.91. The van der Waals surface area contributed by atoms with Gasteiger partial charge in [0, 0.05) is 11.0 Å². The molecular weight excluding hydrogens is 308 g/mol. The van der Waals surface area contributed by atoms with Gasteiger partial charge in [-0.2, -0.15) is 0 Å². The predicted molar refractivity (Wildman–Crippen MR) is 76.5 cm³/mol. The molecule has 0 aliphatic carbocycles. The van der Waals surface area contributed by atoms with Crippen molar-refractivity contribution in [3.63, 3.8) is 0 Å². The number of amides is 3. The van der Waals surface area contributed by atoms with Crippen molar-refractivity contribution in [1.29, 1.82) is 0 Å².